The third-order valence-corrected chi connectivity index (χ3v) is 19.6. The second kappa shape index (κ2) is 27.2. The third-order valence-electron chi connectivity index (χ3n) is 12.7. The highest BCUT2D eigenvalue weighted by Gasteiger charge is 2.32. The molecular formula is C50H70N8O8S4. The van der Waals surface area contributed by atoms with Crippen LogP contribution in [-0.4, -0.2) is 112 Å². The summed E-state index contributed by atoms with van der Waals surface area (Å²) in [5, 5.41) is 12.9. The molecule has 5 heterocycles. The molecule has 16 nitrogen and oxygen atoms in total. The summed E-state index contributed by atoms with van der Waals surface area (Å²) in [6.45, 7) is 9.91. The lowest BCUT2D eigenvalue weighted by molar-refractivity contribution is 0.0943. The van der Waals surface area contributed by atoms with Gasteiger partial charge in [0.2, 0.25) is 0 Å². The average Bonchev–Trinajstić information content (AvgIpc) is 4.21. The second-order valence-corrected chi connectivity index (χ2v) is 24.2. The number of imidazole rings is 1. The van der Waals surface area contributed by atoms with Gasteiger partial charge >= 0.3 is 0 Å². The van der Waals surface area contributed by atoms with E-state index in [1.807, 2.05) is 12.5 Å². The molecule has 20 heteroatoms. The monoisotopic (exact) mass is 1040 g/mol. The number of thiophene rings is 2. The van der Waals surface area contributed by atoms with Crippen molar-refractivity contribution in [1.29, 1.82) is 0 Å². The summed E-state index contributed by atoms with van der Waals surface area (Å²) in [5.41, 5.74) is 0.993. The Bertz CT molecular complexity index is 2610. The second-order valence-electron chi connectivity index (χ2n) is 17.6. The maximum atomic E-state index is 13.2. The molecule has 1 unspecified atom stereocenters. The van der Waals surface area contributed by atoms with Crippen molar-refractivity contribution in [2.24, 2.45) is 5.92 Å². The largest absolute Gasteiger partial charge is 0.497 e. The molecule has 0 spiro atoms. The Morgan fingerprint density at radius 3 is 1.69 bits per heavy atom. The van der Waals surface area contributed by atoms with Gasteiger partial charge in [0.05, 0.1) is 33.6 Å². The lowest BCUT2D eigenvalue weighted by atomic mass is 9.98. The van der Waals surface area contributed by atoms with E-state index in [9.17, 15) is 26.4 Å². The fraction of sp³-hybridized carbons (Fsp3) is 0.500. The van der Waals surface area contributed by atoms with Crippen molar-refractivity contribution in [3.8, 4) is 11.5 Å². The Balaban J connectivity index is 0.000000230. The van der Waals surface area contributed by atoms with E-state index >= 15 is 0 Å². The number of ether oxygens (including phenoxy) is 2. The standard InChI is InChI=1S/C26H39N3O4S2.C24H31N5O4S2/c1-4-6-8-20(5-2)18-27-22-13-15-29(16-14-22)35(31,32)25-12-11-24(34-25)19-28-26(30)21-9-7-10-23(17-21)33-3;1-33-21-5-2-4-19(16-21)24(30)27-17-22-6-7-23(34-22)35(31,32)29-13-8-20(9-14-29)26-10-3-12-28-15-11-25-18-28/h7,9-12,17,20,22,27H,4-6,8,13-16,18-19H2,1-3H3,(H,28,30);2,4-7,11,15-16,18,20,26H,3,8-10,12-14,17H2,1H3,(H,27,30). The number of amides is 2. The Kier molecular flexibility index (Phi) is 21.3. The molecule has 0 radical (unpaired) electrons. The van der Waals surface area contributed by atoms with E-state index in [0.29, 0.717) is 75.2 Å². The zero-order valence-electron chi connectivity index (χ0n) is 40.8. The van der Waals surface area contributed by atoms with Crippen molar-refractivity contribution in [2.75, 3.05) is 53.5 Å². The van der Waals surface area contributed by atoms with Gasteiger partial charge in [0, 0.05) is 78.1 Å². The number of methoxy groups -OCH3 is 2. The predicted molar refractivity (Wildman–Crippen MR) is 277 cm³/mol. The van der Waals surface area contributed by atoms with E-state index in [0.717, 1.165) is 61.5 Å². The number of piperidine rings is 2. The van der Waals surface area contributed by atoms with Crippen LogP contribution in [0, 0.1) is 5.92 Å². The Hall–Kier alpha value is -4.67. The van der Waals surface area contributed by atoms with Crippen LogP contribution in [-0.2, 0) is 39.7 Å². The first-order chi connectivity index (χ1) is 33.8. The molecule has 1 atom stereocenters. The molecule has 0 bridgehead atoms. The summed E-state index contributed by atoms with van der Waals surface area (Å²) in [4.78, 5) is 30.5. The Labute approximate surface area is 422 Å². The Morgan fingerprint density at radius 1 is 0.714 bits per heavy atom. The van der Waals surface area contributed by atoms with Crippen LogP contribution in [0.1, 0.15) is 102 Å². The highest BCUT2D eigenvalue weighted by atomic mass is 32.3. The van der Waals surface area contributed by atoms with Crippen molar-refractivity contribution < 1.29 is 35.9 Å². The first kappa shape index (κ1) is 54.7. The molecule has 2 aliphatic rings. The van der Waals surface area contributed by atoms with Crippen molar-refractivity contribution >= 4 is 54.5 Å². The van der Waals surface area contributed by atoms with E-state index < -0.39 is 20.0 Å². The summed E-state index contributed by atoms with van der Waals surface area (Å²) in [5.74, 6) is 1.46. The molecule has 70 heavy (non-hydrogen) atoms. The average molecular weight is 1040 g/mol. The number of hydrogen-bond acceptors (Lipinski definition) is 13. The van der Waals surface area contributed by atoms with Gasteiger partial charge in [-0.1, -0.05) is 45.2 Å². The molecule has 0 saturated carbocycles. The van der Waals surface area contributed by atoms with Gasteiger partial charge < -0.3 is 35.3 Å². The van der Waals surface area contributed by atoms with Gasteiger partial charge in [0.15, 0.2) is 0 Å². The minimum Gasteiger partial charge on any atom is -0.497 e. The number of hydrogen-bond donors (Lipinski definition) is 4. The van der Waals surface area contributed by atoms with E-state index in [1.165, 1.54) is 48.4 Å². The normalized spacial score (nSPS) is 15.7. The van der Waals surface area contributed by atoms with Crippen molar-refractivity contribution in [3.05, 3.63) is 112 Å². The smallest absolute Gasteiger partial charge is 0.252 e. The molecule has 0 aliphatic carbocycles. The molecule has 4 N–H and O–H groups in total. The maximum absolute atomic E-state index is 13.2. The number of carbonyl (C=O) groups is 2. The van der Waals surface area contributed by atoms with Crippen LogP contribution in [0.25, 0.3) is 0 Å². The van der Waals surface area contributed by atoms with Gasteiger partial charge in [-0.25, -0.2) is 21.8 Å². The van der Waals surface area contributed by atoms with Gasteiger partial charge in [-0.3, -0.25) is 9.59 Å². The van der Waals surface area contributed by atoms with E-state index in [1.54, 1.807) is 102 Å². The Morgan fingerprint density at radius 2 is 1.23 bits per heavy atom. The van der Waals surface area contributed by atoms with Crippen LogP contribution in [0.4, 0.5) is 0 Å². The van der Waals surface area contributed by atoms with Gasteiger partial charge in [0.1, 0.15) is 19.9 Å². The predicted octanol–water partition coefficient (Wildman–Crippen LogP) is 7.36. The fourth-order valence-corrected chi connectivity index (χ4v) is 14.2. The van der Waals surface area contributed by atoms with E-state index in [2.05, 4.69) is 44.7 Å². The number of unbranched alkanes of at least 4 members (excludes halogenated alkanes) is 1. The SMILES string of the molecule is CCCCC(CC)CNC1CCN(S(=O)(=O)c2ccc(CNC(=O)c3cccc(OC)c3)s2)CC1.COc1cccc(C(=O)NCc2ccc(S(=O)(=O)N3CCC(NCCCn4ccnc4)CC3)s2)c1. The minimum atomic E-state index is -3.53. The fourth-order valence-electron chi connectivity index (χ4n) is 8.37. The van der Waals surface area contributed by atoms with Crippen molar-refractivity contribution in [3.63, 3.8) is 0 Å². The lowest BCUT2D eigenvalue weighted by Crippen LogP contribution is -2.45. The van der Waals surface area contributed by atoms with E-state index in [4.69, 9.17) is 9.47 Å². The van der Waals surface area contributed by atoms with E-state index in [-0.39, 0.29) is 24.9 Å². The zero-order valence-corrected chi connectivity index (χ0v) is 44.1. The number of aryl methyl sites for hydroxylation is 1. The first-order valence-electron chi connectivity index (χ1n) is 24.3. The quantitative estimate of drug-likeness (QED) is 0.0452. The van der Waals surface area contributed by atoms with Gasteiger partial charge in [-0.15, -0.1) is 22.7 Å². The maximum Gasteiger partial charge on any atom is 0.252 e. The summed E-state index contributed by atoms with van der Waals surface area (Å²) in [7, 11) is -3.95. The van der Waals surface area contributed by atoms with Gasteiger partial charge in [0.25, 0.3) is 31.9 Å². The number of aromatic nitrogens is 2. The van der Waals surface area contributed by atoms with Crippen LogP contribution in [0.3, 0.4) is 0 Å². The third kappa shape index (κ3) is 15.9. The molecular weight excluding hydrogens is 969 g/mol. The molecule has 7 rings (SSSR count). The number of nitrogens with one attached hydrogen (secondary N) is 4. The summed E-state index contributed by atoms with van der Waals surface area (Å²) in [6, 6.07) is 21.4. The van der Waals surface area contributed by atoms with Crippen LogP contribution >= 0.6 is 22.7 Å². The molecule has 2 amide bonds. The summed E-state index contributed by atoms with van der Waals surface area (Å²) >= 11 is 2.42. The number of carbonyl (C=O) groups excluding carboxylic acids is 2. The van der Waals surface area contributed by atoms with Gasteiger partial charge in [-0.2, -0.15) is 8.61 Å². The van der Waals surface area contributed by atoms with Crippen LogP contribution in [0.5, 0.6) is 11.5 Å². The highest BCUT2D eigenvalue weighted by Crippen LogP contribution is 2.29. The molecule has 2 aromatic carbocycles. The molecule has 2 saturated heterocycles. The van der Waals surface area contributed by atoms with Crippen molar-refractivity contribution in [2.45, 2.75) is 112 Å². The molecule has 5 aromatic rings. The van der Waals surface area contributed by atoms with Crippen LogP contribution < -0.4 is 30.7 Å². The summed E-state index contributed by atoms with van der Waals surface area (Å²) in [6.07, 6.45) is 14.7. The van der Waals surface area contributed by atoms with Crippen molar-refractivity contribution in [1.82, 2.24) is 39.4 Å². The highest BCUT2D eigenvalue weighted by molar-refractivity contribution is 7.91. The first-order valence-corrected chi connectivity index (χ1v) is 28.8. The van der Waals surface area contributed by atoms with Crippen LogP contribution in [0.2, 0.25) is 0 Å². The summed E-state index contributed by atoms with van der Waals surface area (Å²) < 4.78 is 68.8. The minimum absolute atomic E-state index is 0.226. The topological polar surface area (TPSA) is 193 Å². The molecule has 2 aliphatic heterocycles. The van der Waals surface area contributed by atoms with Crippen LogP contribution in [0.15, 0.2) is 99.9 Å². The van der Waals surface area contributed by atoms with Gasteiger partial charge in [-0.05, 0) is 118 Å². The lowest BCUT2D eigenvalue weighted by Gasteiger charge is -2.32. The number of benzene rings is 2. The molecule has 2 fully saturated rings. The zero-order chi connectivity index (χ0) is 49.9. The molecule has 382 valence electrons. The molecule has 3 aromatic heterocycles. The number of nitrogens with zero attached hydrogens (tertiary/aromatic N) is 4. The number of rotatable bonds is 24. The number of sulfonamides is 2.